The summed E-state index contributed by atoms with van der Waals surface area (Å²) >= 11 is 0. The molecule has 0 spiro atoms. The molecule has 2 aromatic heterocycles. The van der Waals surface area contributed by atoms with Crippen molar-refractivity contribution in [1.29, 1.82) is 0 Å². The Morgan fingerprint density at radius 3 is 2.88 bits per heavy atom. The fourth-order valence-corrected chi connectivity index (χ4v) is 1.45. The lowest BCUT2D eigenvalue weighted by molar-refractivity contribution is -0.141. The summed E-state index contributed by atoms with van der Waals surface area (Å²) in [5.41, 5.74) is 0. The molecule has 2 rings (SSSR count). The Kier molecular flexibility index (Phi) is 2.90. The zero-order valence-corrected chi connectivity index (χ0v) is 9.49. The van der Waals surface area contributed by atoms with Crippen LogP contribution in [0.3, 0.4) is 0 Å². The highest BCUT2D eigenvalue weighted by Crippen LogP contribution is 2.18. The van der Waals surface area contributed by atoms with Gasteiger partial charge in [-0.05, 0) is 30.7 Å². The van der Waals surface area contributed by atoms with Crippen molar-refractivity contribution in [3.05, 3.63) is 17.9 Å². The lowest BCUT2D eigenvalue weighted by Crippen LogP contribution is -2.20. The molecule has 0 aromatic carbocycles. The van der Waals surface area contributed by atoms with Crippen molar-refractivity contribution in [2.24, 2.45) is 0 Å². The first-order valence-corrected chi connectivity index (χ1v) is 5.21. The second-order valence-corrected chi connectivity index (χ2v) is 3.61. The minimum Gasteiger partial charge on any atom is -0.480 e. The Bertz CT molecular complexity index is 531. The second-order valence-electron chi connectivity index (χ2n) is 3.61. The lowest BCUT2D eigenvalue weighted by Gasteiger charge is -2.05. The van der Waals surface area contributed by atoms with Crippen molar-refractivity contribution in [3.8, 4) is 11.6 Å². The maximum atomic E-state index is 10.9. The Morgan fingerprint density at radius 2 is 2.35 bits per heavy atom. The van der Waals surface area contributed by atoms with E-state index in [0.717, 1.165) is 10.6 Å². The molecule has 90 valence electrons. The first-order valence-electron chi connectivity index (χ1n) is 5.21. The summed E-state index contributed by atoms with van der Waals surface area (Å²) in [5, 5.41) is 20.5. The molecular formula is C10H12N4O3. The molecule has 7 heteroatoms. The predicted octanol–water partition coefficient (Wildman–Crippen LogP) is 1.28. The van der Waals surface area contributed by atoms with Gasteiger partial charge in [-0.15, -0.1) is 15.0 Å². The van der Waals surface area contributed by atoms with Crippen LogP contribution in [-0.2, 0) is 4.79 Å². The van der Waals surface area contributed by atoms with E-state index in [1.165, 1.54) is 0 Å². The van der Waals surface area contributed by atoms with E-state index in [2.05, 4.69) is 15.4 Å². The number of aliphatic carboxylic acids is 1. The van der Waals surface area contributed by atoms with Gasteiger partial charge in [0.25, 0.3) is 0 Å². The quantitative estimate of drug-likeness (QED) is 0.859. The van der Waals surface area contributed by atoms with Crippen LogP contribution >= 0.6 is 0 Å². The molecule has 2 aromatic rings. The van der Waals surface area contributed by atoms with Gasteiger partial charge in [-0.1, -0.05) is 6.92 Å². The number of aromatic nitrogens is 4. The van der Waals surface area contributed by atoms with Gasteiger partial charge in [0.15, 0.2) is 11.8 Å². The van der Waals surface area contributed by atoms with Crippen molar-refractivity contribution < 1.29 is 14.3 Å². The van der Waals surface area contributed by atoms with Crippen molar-refractivity contribution >= 4 is 5.97 Å². The third kappa shape index (κ3) is 2.17. The average molecular weight is 236 g/mol. The van der Waals surface area contributed by atoms with Crippen molar-refractivity contribution in [3.63, 3.8) is 0 Å². The van der Waals surface area contributed by atoms with Crippen LogP contribution < -0.4 is 0 Å². The van der Waals surface area contributed by atoms with Gasteiger partial charge in [0.05, 0.1) is 0 Å². The van der Waals surface area contributed by atoms with E-state index < -0.39 is 12.0 Å². The number of aryl methyl sites for hydroxylation is 1. The highest BCUT2D eigenvalue weighted by molar-refractivity contribution is 5.71. The predicted molar refractivity (Wildman–Crippen MR) is 57.2 cm³/mol. The number of furan rings is 1. The van der Waals surface area contributed by atoms with Gasteiger partial charge in [-0.3, -0.25) is 0 Å². The molecule has 2 heterocycles. The monoisotopic (exact) mass is 236 g/mol. The van der Waals surface area contributed by atoms with E-state index in [0.29, 0.717) is 12.2 Å². The van der Waals surface area contributed by atoms with Crippen LogP contribution in [0.2, 0.25) is 0 Å². The molecule has 0 aliphatic rings. The van der Waals surface area contributed by atoms with E-state index in [-0.39, 0.29) is 5.82 Å². The third-order valence-corrected chi connectivity index (χ3v) is 2.34. The Morgan fingerprint density at radius 1 is 1.59 bits per heavy atom. The van der Waals surface area contributed by atoms with E-state index in [9.17, 15) is 4.79 Å². The van der Waals surface area contributed by atoms with Gasteiger partial charge < -0.3 is 9.52 Å². The lowest BCUT2D eigenvalue weighted by atomic mass is 10.2. The highest BCUT2D eigenvalue weighted by atomic mass is 16.4. The molecule has 0 bridgehead atoms. The van der Waals surface area contributed by atoms with Gasteiger partial charge in [0, 0.05) is 0 Å². The SMILES string of the molecule is CCC(C(=O)O)n1nnc(-c2ccc(C)o2)n1. The number of rotatable bonds is 4. The van der Waals surface area contributed by atoms with E-state index in [1.54, 1.807) is 26.0 Å². The highest BCUT2D eigenvalue weighted by Gasteiger charge is 2.21. The van der Waals surface area contributed by atoms with Crippen LogP contribution in [0.1, 0.15) is 25.1 Å². The molecule has 0 aliphatic carbocycles. The molecule has 0 fully saturated rings. The Labute approximate surface area is 97.0 Å². The molecule has 17 heavy (non-hydrogen) atoms. The van der Waals surface area contributed by atoms with Gasteiger partial charge in [-0.2, -0.15) is 0 Å². The average Bonchev–Trinajstić information content (AvgIpc) is 2.87. The number of tetrazole rings is 1. The zero-order chi connectivity index (χ0) is 12.4. The molecular weight excluding hydrogens is 224 g/mol. The number of carboxylic acids is 1. The van der Waals surface area contributed by atoms with Gasteiger partial charge in [0.2, 0.25) is 5.82 Å². The molecule has 7 nitrogen and oxygen atoms in total. The van der Waals surface area contributed by atoms with Crippen LogP contribution in [0, 0.1) is 6.92 Å². The summed E-state index contributed by atoms with van der Waals surface area (Å²) < 4.78 is 5.33. The molecule has 1 atom stereocenters. The number of hydrogen-bond acceptors (Lipinski definition) is 5. The smallest absolute Gasteiger partial charge is 0.330 e. The molecule has 0 amide bonds. The van der Waals surface area contributed by atoms with Crippen LogP contribution in [0.15, 0.2) is 16.5 Å². The van der Waals surface area contributed by atoms with E-state index in [4.69, 9.17) is 9.52 Å². The van der Waals surface area contributed by atoms with Crippen LogP contribution in [0.4, 0.5) is 0 Å². The van der Waals surface area contributed by atoms with E-state index in [1.807, 2.05) is 0 Å². The summed E-state index contributed by atoms with van der Waals surface area (Å²) in [4.78, 5) is 12.0. The number of carbonyl (C=O) groups is 1. The second kappa shape index (κ2) is 4.36. The molecule has 0 saturated heterocycles. The molecule has 1 unspecified atom stereocenters. The van der Waals surface area contributed by atoms with Crippen molar-refractivity contribution in [2.45, 2.75) is 26.3 Å². The number of carboxylic acid groups (broad SMARTS) is 1. The fourth-order valence-electron chi connectivity index (χ4n) is 1.45. The summed E-state index contributed by atoms with van der Waals surface area (Å²) in [6.07, 6.45) is 0.391. The maximum Gasteiger partial charge on any atom is 0.330 e. The summed E-state index contributed by atoms with van der Waals surface area (Å²) in [7, 11) is 0. The standard InChI is InChI=1S/C10H12N4O3/c1-3-7(10(15)16)14-12-9(11-13-14)8-5-4-6(2)17-8/h4-5,7H,3H2,1-2H3,(H,15,16). The van der Waals surface area contributed by atoms with Crippen LogP contribution in [0.5, 0.6) is 0 Å². The largest absolute Gasteiger partial charge is 0.480 e. The Balaban J connectivity index is 2.29. The van der Waals surface area contributed by atoms with Crippen molar-refractivity contribution in [1.82, 2.24) is 20.2 Å². The maximum absolute atomic E-state index is 10.9. The van der Waals surface area contributed by atoms with Crippen LogP contribution in [0.25, 0.3) is 11.6 Å². The molecule has 1 N–H and O–H groups in total. The first-order chi connectivity index (χ1) is 8.11. The molecule has 0 saturated carbocycles. The van der Waals surface area contributed by atoms with Gasteiger partial charge >= 0.3 is 5.97 Å². The minimum absolute atomic E-state index is 0.290. The summed E-state index contributed by atoms with van der Waals surface area (Å²) in [5.74, 6) is 0.528. The third-order valence-electron chi connectivity index (χ3n) is 2.34. The molecule has 0 radical (unpaired) electrons. The summed E-state index contributed by atoms with van der Waals surface area (Å²) in [6.45, 7) is 3.55. The van der Waals surface area contributed by atoms with Crippen LogP contribution in [-0.4, -0.2) is 31.3 Å². The van der Waals surface area contributed by atoms with E-state index >= 15 is 0 Å². The summed E-state index contributed by atoms with van der Waals surface area (Å²) in [6, 6.07) is 2.70. The molecule has 0 aliphatic heterocycles. The van der Waals surface area contributed by atoms with Crippen molar-refractivity contribution in [2.75, 3.05) is 0 Å². The Hall–Kier alpha value is -2.18. The number of hydrogen-bond donors (Lipinski definition) is 1. The normalized spacial score (nSPS) is 12.6. The van der Waals surface area contributed by atoms with Gasteiger partial charge in [0.1, 0.15) is 5.76 Å². The first kappa shape index (κ1) is 11.3. The fraction of sp³-hybridized carbons (Fsp3) is 0.400. The van der Waals surface area contributed by atoms with Gasteiger partial charge in [-0.25, -0.2) is 4.79 Å². The number of nitrogens with zero attached hydrogens (tertiary/aromatic N) is 4. The minimum atomic E-state index is -0.980. The zero-order valence-electron chi connectivity index (χ0n) is 9.49. The topological polar surface area (TPSA) is 94.0 Å².